The molecule has 0 aromatic carbocycles. The van der Waals surface area contributed by atoms with Crippen LogP contribution in [0.5, 0.6) is 0 Å². The number of unbranched alkanes of at least 4 members (excludes halogenated alkanes) is 1. The van der Waals surface area contributed by atoms with Gasteiger partial charge < -0.3 is 10.1 Å². The van der Waals surface area contributed by atoms with Crippen molar-refractivity contribution in [1.82, 2.24) is 5.32 Å². The molecule has 0 atom stereocenters. The molecular formula is C11H25NOS. The van der Waals surface area contributed by atoms with E-state index < -0.39 is 0 Å². The van der Waals surface area contributed by atoms with Crippen LogP contribution < -0.4 is 5.32 Å². The fraction of sp³-hybridized carbons (Fsp3) is 1.00. The van der Waals surface area contributed by atoms with Crippen molar-refractivity contribution in [2.75, 3.05) is 37.8 Å². The van der Waals surface area contributed by atoms with E-state index in [9.17, 15) is 0 Å². The molecule has 0 amide bonds. The van der Waals surface area contributed by atoms with Gasteiger partial charge in [0.05, 0.1) is 6.61 Å². The normalized spacial score (nSPS) is 10.7. The second-order valence-corrected chi connectivity index (χ2v) is 4.55. The minimum atomic E-state index is 0.860. The van der Waals surface area contributed by atoms with Gasteiger partial charge in [0.1, 0.15) is 0 Å². The molecule has 3 heteroatoms. The molecule has 0 heterocycles. The summed E-state index contributed by atoms with van der Waals surface area (Å²) in [5.41, 5.74) is 0. The van der Waals surface area contributed by atoms with Crippen molar-refractivity contribution in [1.29, 1.82) is 0 Å². The molecule has 1 N–H and O–H groups in total. The van der Waals surface area contributed by atoms with Crippen molar-refractivity contribution in [3.8, 4) is 0 Å². The second-order valence-electron chi connectivity index (χ2n) is 3.33. The molecule has 0 aromatic rings. The molecule has 0 rings (SSSR count). The predicted octanol–water partition coefficient (Wildman–Crippen LogP) is 2.54. The molecule has 0 fully saturated rings. The van der Waals surface area contributed by atoms with Gasteiger partial charge in [-0.3, -0.25) is 0 Å². The zero-order chi connectivity index (χ0) is 10.5. The van der Waals surface area contributed by atoms with E-state index in [-0.39, 0.29) is 0 Å². The lowest BCUT2D eigenvalue weighted by atomic mass is 10.4. The molecule has 86 valence electrons. The molecule has 14 heavy (non-hydrogen) atoms. The zero-order valence-corrected chi connectivity index (χ0v) is 10.5. The van der Waals surface area contributed by atoms with Crippen LogP contribution in [0.25, 0.3) is 0 Å². The quantitative estimate of drug-likeness (QED) is 0.540. The van der Waals surface area contributed by atoms with Gasteiger partial charge >= 0.3 is 0 Å². The molecule has 0 aliphatic heterocycles. The molecule has 0 aliphatic carbocycles. The highest BCUT2D eigenvalue weighted by molar-refractivity contribution is 7.99. The van der Waals surface area contributed by atoms with Crippen LogP contribution in [0.2, 0.25) is 0 Å². The molecule has 0 aliphatic rings. The molecule has 0 saturated carbocycles. The molecule has 0 radical (unpaired) electrons. The van der Waals surface area contributed by atoms with E-state index >= 15 is 0 Å². The van der Waals surface area contributed by atoms with Crippen LogP contribution in [0.4, 0.5) is 0 Å². The maximum atomic E-state index is 5.43. The highest BCUT2D eigenvalue weighted by atomic mass is 32.2. The van der Waals surface area contributed by atoms with Gasteiger partial charge in [0.25, 0.3) is 0 Å². The average Bonchev–Trinajstić information content (AvgIpc) is 2.21. The molecule has 0 aromatic heterocycles. The first-order valence-electron chi connectivity index (χ1n) is 5.78. The van der Waals surface area contributed by atoms with Gasteiger partial charge in [-0.15, -0.1) is 0 Å². The minimum Gasteiger partial charge on any atom is -0.380 e. The molecule has 0 spiro atoms. The van der Waals surface area contributed by atoms with Crippen molar-refractivity contribution in [2.45, 2.75) is 33.1 Å². The van der Waals surface area contributed by atoms with Gasteiger partial charge in [0, 0.05) is 25.4 Å². The third-order valence-electron chi connectivity index (χ3n) is 1.84. The van der Waals surface area contributed by atoms with Crippen molar-refractivity contribution >= 4 is 11.8 Å². The number of thioether (sulfide) groups is 1. The first-order valence-corrected chi connectivity index (χ1v) is 6.93. The standard InChI is InChI=1S/C11H25NOS/c1-3-5-8-13-9-6-12-7-11-14-10-4-2/h12H,3-11H2,1-2H3. The van der Waals surface area contributed by atoms with Crippen LogP contribution in [-0.2, 0) is 4.74 Å². The lowest BCUT2D eigenvalue weighted by molar-refractivity contribution is 0.133. The summed E-state index contributed by atoms with van der Waals surface area (Å²) in [7, 11) is 0. The lowest BCUT2D eigenvalue weighted by Crippen LogP contribution is -2.22. The molecular weight excluding hydrogens is 194 g/mol. The number of rotatable bonds is 11. The Labute approximate surface area is 93.2 Å². The average molecular weight is 219 g/mol. The highest BCUT2D eigenvalue weighted by Gasteiger charge is 1.89. The summed E-state index contributed by atoms with van der Waals surface area (Å²) in [6, 6.07) is 0. The van der Waals surface area contributed by atoms with Crippen molar-refractivity contribution in [3.05, 3.63) is 0 Å². The van der Waals surface area contributed by atoms with Gasteiger partial charge in [-0.05, 0) is 18.6 Å². The van der Waals surface area contributed by atoms with Crippen LogP contribution in [0.1, 0.15) is 33.1 Å². The Balaban J connectivity index is 2.78. The van der Waals surface area contributed by atoms with Gasteiger partial charge in [-0.2, -0.15) is 11.8 Å². The Hall–Kier alpha value is 0.270. The summed E-state index contributed by atoms with van der Waals surface area (Å²) in [4.78, 5) is 0. The van der Waals surface area contributed by atoms with E-state index in [1.54, 1.807) is 0 Å². The Bertz CT molecular complexity index is 89.3. The third kappa shape index (κ3) is 12.3. The number of hydrogen-bond donors (Lipinski definition) is 1. The van der Waals surface area contributed by atoms with Crippen molar-refractivity contribution in [2.24, 2.45) is 0 Å². The van der Waals surface area contributed by atoms with E-state index in [0.717, 1.165) is 26.3 Å². The second kappa shape index (κ2) is 13.3. The van der Waals surface area contributed by atoms with Gasteiger partial charge in [0.2, 0.25) is 0 Å². The Morgan fingerprint density at radius 3 is 2.57 bits per heavy atom. The monoisotopic (exact) mass is 219 g/mol. The third-order valence-corrected chi connectivity index (χ3v) is 3.03. The predicted molar refractivity (Wildman–Crippen MR) is 66.2 cm³/mol. The molecule has 2 nitrogen and oxygen atoms in total. The Kier molecular flexibility index (Phi) is 13.5. The van der Waals surface area contributed by atoms with Crippen LogP contribution in [0.15, 0.2) is 0 Å². The Morgan fingerprint density at radius 1 is 1.00 bits per heavy atom. The summed E-state index contributed by atoms with van der Waals surface area (Å²) in [5.74, 6) is 2.51. The smallest absolute Gasteiger partial charge is 0.0590 e. The summed E-state index contributed by atoms with van der Waals surface area (Å²) in [6.07, 6.45) is 3.69. The summed E-state index contributed by atoms with van der Waals surface area (Å²) in [5, 5.41) is 3.38. The molecule has 0 saturated heterocycles. The lowest BCUT2D eigenvalue weighted by Gasteiger charge is -2.05. The van der Waals surface area contributed by atoms with E-state index in [4.69, 9.17) is 4.74 Å². The van der Waals surface area contributed by atoms with Crippen LogP contribution >= 0.6 is 11.8 Å². The van der Waals surface area contributed by atoms with E-state index in [2.05, 4.69) is 19.2 Å². The topological polar surface area (TPSA) is 21.3 Å². The summed E-state index contributed by atoms with van der Waals surface area (Å²) >= 11 is 2.02. The van der Waals surface area contributed by atoms with Crippen LogP contribution in [0.3, 0.4) is 0 Å². The maximum absolute atomic E-state index is 5.43. The Morgan fingerprint density at radius 2 is 1.86 bits per heavy atom. The van der Waals surface area contributed by atoms with Crippen LogP contribution in [0, 0.1) is 0 Å². The van der Waals surface area contributed by atoms with E-state index in [1.165, 1.54) is 30.8 Å². The zero-order valence-electron chi connectivity index (χ0n) is 9.68. The maximum Gasteiger partial charge on any atom is 0.0590 e. The van der Waals surface area contributed by atoms with Crippen LogP contribution in [-0.4, -0.2) is 37.8 Å². The van der Waals surface area contributed by atoms with E-state index in [1.807, 2.05) is 11.8 Å². The largest absolute Gasteiger partial charge is 0.380 e. The minimum absolute atomic E-state index is 0.860. The number of hydrogen-bond acceptors (Lipinski definition) is 3. The van der Waals surface area contributed by atoms with Crippen molar-refractivity contribution in [3.63, 3.8) is 0 Å². The molecule has 0 unspecified atom stereocenters. The van der Waals surface area contributed by atoms with Crippen molar-refractivity contribution < 1.29 is 4.74 Å². The SMILES string of the molecule is CCCCOCCNCCSCCC. The number of nitrogens with one attached hydrogen (secondary N) is 1. The fourth-order valence-electron chi connectivity index (χ4n) is 1.01. The van der Waals surface area contributed by atoms with Gasteiger partial charge in [-0.25, -0.2) is 0 Å². The first-order chi connectivity index (χ1) is 6.91. The summed E-state index contributed by atoms with van der Waals surface area (Å²) < 4.78 is 5.43. The molecule has 0 bridgehead atoms. The van der Waals surface area contributed by atoms with Gasteiger partial charge in [-0.1, -0.05) is 20.3 Å². The highest BCUT2D eigenvalue weighted by Crippen LogP contribution is 1.99. The van der Waals surface area contributed by atoms with Gasteiger partial charge in [0.15, 0.2) is 0 Å². The summed E-state index contributed by atoms with van der Waals surface area (Å²) in [6.45, 7) is 8.30. The van der Waals surface area contributed by atoms with E-state index in [0.29, 0.717) is 0 Å². The fourth-order valence-corrected chi connectivity index (χ4v) is 1.79. The first kappa shape index (κ1) is 14.3. The number of ether oxygens (including phenoxy) is 1.